The molecule has 0 saturated carbocycles. The molecule has 1 heterocycles. The van der Waals surface area contributed by atoms with Crippen LogP contribution in [0.5, 0.6) is 0 Å². The number of halogens is 3. The number of hydrazone groups is 1. The number of rotatable bonds is 10. The number of nitrogens with zero attached hydrogens (tertiary/aromatic N) is 1. The van der Waals surface area contributed by atoms with Gasteiger partial charge in [0.1, 0.15) is 6.67 Å². The Hall–Kier alpha value is -1.88. The summed E-state index contributed by atoms with van der Waals surface area (Å²) in [5, 5.41) is 27.8. The molecule has 0 radical (unpaired) electrons. The molecule has 0 aliphatic carbocycles. The standard InChI is InChI=1S/C22H28Cl2FN3O5S/c1-4-22(20(32)33)16(11-34-9-8-26-28-12(2)29)27-15(10-25)21(3,19(30)31)18(22)13-6-5-7-14(23)17(13)24/h5-8,15-16,18,27H,4,9-11H2,1-3H3,(H,28,29)(H,30,31)(H,32,33). The minimum absolute atomic E-state index is 0.0501. The highest BCUT2D eigenvalue weighted by Gasteiger charge is 2.66. The van der Waals surface area contributed by atoms with E-state index in [-0.39, 0.29) is 33.7 Å². The van der Waals surface area contributed by atoms with Crippen molar-refractivity contribution in [1.82, 2.24) is 10.7 Å². The van der Waals surface area contributed by atoms with E-state index in [4.69, 9.17) is 23.2 Å². The molecule has 2 rings (SSSR count). The average molecular weight is 536 g/mol. The van der Waals surface area contributed by atoms with Crippen molar-refractivity contribution in [2.75, 3.05) is 18.2 Å². The van der Waals surface area contributed by atoms with E-state index in [9.17, 15) is 29.0 Å². The molecule has 12 heteroatoms. The molecule has 1 amide bonds. The normalized spacial score (nSPS) is 29.2. The molecule has 34 heavy (non-hydrogen) atoms. The van der Waals surface area contributed by atoms with Crippen LogP contribution in [0.4, 0.5) is 4.39 Å². The number of alkyl halides is 1. The number of benzene rings is 1. The minimum Gasteiger partial charge on any atom is -0.481 e. The van der Waals surface area contributed by atoms with E-state index in [1.807, 2.05) is 0 Å². The molecule has 1 aromatic carbocycles. The van der Waals surface area contributed by atoms with Crippen molar-refractivity contribution < 1.29 is 29.0 Å². The minimum atomic E-state index is -1.84. The largest absolute Gasteiger partial charge is 0.481 e. The van der Waals surface area contributed by atoms with E-state index < -0.39 is 47.4 Å². The molecule has 1 aliphatic rings. The molecule has 0 aromatic heterocycles. The molecule has 5 unspecified atom stereocenters. The van der Waals surface area contributed by atoms with Gasteiger partial charge in [0.2, 0.25) is 5.91 Å². The number of aliphatic carboxylic acids is 2. The van der Waals surface area contributed by atoms with Gasteiger partial charge in [-0.05, 0) is 25.0 Å². The first-order valence-corrected chi connectivity index (χ1v) is 12.5. The third-order valence-electron chi connectivity index (χ3n) is 6.54. The third kappa shape index (κ3) is 5.19. The number of thioether (sulfide) groups is 1. The molecule has 4 N–H and O–H groups in total. The van der Waals surface area contributed by atoms with E-state index in [1.54, 1.807) is 19.1 Å². The van der Waals surface area contributed by atoms with Gasteiger partial charge in [0.15, 0.2) is 0 Å². The lowest BCUT2D eigenvalue weighted by atomic mass is 9.51. The second kappa shape index (κ2) is 11.7. The van der Waals surface area contributed by atoms with E-state index in [1.165, 1.54) is 37.9 Å². The second-order valence-electron chi connectivity index (χ2n) is 8.31. The van der Waals surface area contributed by atoms with Crippen LogP contribution in [-0.4, -0.2) is 64.5 Å². The number of piperidine rings is 1. The predicted octanol–water partition coefficient (Wildman–Crippen LogP) is 3.81. The summed E-state index contributed by atoms with van der Waals surface area (Å²) in [5.74, 6) is -3.51. The zero-order valence-corrected chi connectivity index (χ0v) is 21.3. The molecule has 0 spiro atoms. The van der Waals surface area contributed by atoms with Crippen molar-refractivity contribution in [3.05, 3.63) is 33.8 Å². The Bertz CT molecular complexity index is 968. The molecule has 1 aliphatic heterocycles. The maximum atomic E-state index is 14.3. The fraction of sp³-hybridized carbons (Fsp3) is 0.545. The zero-order valence-electron chi connectivity index (χ0n) is 19.0. The highest BCUT2D eigenvalue weighted by molar-refractivity contribution is 7.99. The van der Waals surface area contributed by atoms with Crippen molar-refractivity contribution >= 4 is 59.0 Å². The Labute approximate surface area is 211 Å². The lowest BCUT2D eigenvalue weighted by molar-refractivity contribution is -0.172. The van der Waals surface area contributed by atoms with Crippen LogP contribution < -0.4 is 10.7 Å². The molecule has 1 aromatic rings. The maximum absolute atomic E-state index is 14.3. The fourth-order valence-corrected chi connectivity index (χ4v) is 6.17. The summed E-state index contributed by atoms with van der Waals surface area (Å²) in [7, 11) is 0. The Morgan fingerprint density at radius 1 is 1.26 bits per heavy atom. The van der Waals surface area contributed by atoms with Crippen LogP contribution in [0, 0.1) is 10.8 Å². The Balaban J connectivity index is 2.62. The van der Waals surface area contributed by atoms with Gasteiger partial charge in [-0.2, -0.15) is 16.9 Å². The van der Waals surface area contributed by atoms with Gasteiger partial charge in [0, 0.05) is 36.6 Å². The van der Waals surface area contributed by atoms with Crippen molar-refractivity contribution in [3.8, 4) is 0 Å². The predicted molar refractivity (Wildman–Crippen MR) is 132 cm³/mol. The van der Waals surface area contributed by atoms with Crippen molar-refractivity contribution in [3.63, 3.8) is 0 Å². The highest BCUT2D eigenvalue weighted by Crippen LogP contribution is 2.58. The van der Waals surface area contributed by atoms with Crippen LogP contribution >= 0.6 is 35.0 Å². The van der Waals surface area contributed by atoms with Gasteiger partial charge >= 0.3 is 11.9 Å². The van der Waals surface area contributed by atoms with Crippen LogP contribution in [0.3, 0.4) is 0 Å². The number of hydrogen-bond donors (Lipinski definition) is 4. The molecule has 1 saturated heterocycles. The summed E-state index contributed by atoms with van der Waals surface area (Å²) >= 11 is 14.0. The summed E-state index contributed by atoms with van der Waals surface area (Å²) in [4.78, 5) is 36.5. The number of carbonyl (C=O) groups excluding carboxylic acids is 1. The van der Waals surface area contributed by atoms with Gasteiger partial charge in [-0.3, -0.25) is 14.4 Å². The molecule has 188 valence electrons. The van der Waals surface area contributed by atoms with Gasteiger partial charge in [-0.25, -0.2) is 9.82 Å². The quantitative estimate of drug-likeness (QED) is 0.203. The van der Waals surface area contributed by atoms with Crippen LogP contribution in [-0.2, 0) is 14.4 Å². The molecular formula is C22H28Cl2FN3O5S. The molecular weight excluding hydrogens is 508 g/mol. The number of nitrogens with one attached hydrogen (secondary N) is 2. The summed E-state index contributed by atoms with van der Waals surface area (Å²) < 4.78 is 14.3. The first-order valence-electron chi connectivity index (χ1n) is 10.6. The van der Waals surface area contributed by atoms with Crippen LogP contribution in [0.25, 0.3) is 0 Å². The van der Waals surface area contributed by atoms with Gasteiger partial charge in [-0.1, -0.05) is 42.3 Å². The Morgan fingerprint density at radius 3 is 2.47 bits per heavy atom. The number of carbonyl (C=O) groups is 3. The van der Waals surface area contributed by atoms with E-state index in [0.717, 1.165) is 0 Å². The fourth-order valence-electron chi connectivity index (χ4n) is 4.81. The third-order valence-corrected chi connectivity index (χ3v) is 8.33. The van der Waals surface area contributed by atoms with Crippen molar-refractivity contribution in [1.29, 1.82) is 0 Å². The van der Waals surface area contributed by atoms with Gasteiger partial charge in [0.25, 0.3) is 0 Å². The van der Waals surface area contributed by atoms with E-state index in [2.05, 4.69) is 15.8 Å². The number of amides is 1. The lowest BCUT2D eigenvalue weighted by Crippen LogP contribution is -2.71. The lowest BCUT2D eigenvalue weighted by Gasteiger charge is -2.57. The smallest absolute Gasteiger partial charge is 0.311 e. The van der Waals surface area contributed by atoms with E-state index in [0.29, 0.717) is 5.75 Å². The molecule has 0 bridgehead atoms. The number of carboxylic acids is 2. The SMILES string of the molecule is CCC1(C(=O)O)C(CSCC=NNC(C)=O)NC(CF)C(C)(C(=O)O)C1c1cccc(Cl)c1Cl. The topological polar surface area (TPSA) is 128 Å². The summed E-state index contributed by atoms with van der Waals surface area (Å²) in [6.07, 6.45) is 1.51. The average Bonchev–Trinajstić information content (AvgIpc) is 2.78. The second-order valence-corrected chi connectivity index (χ2v) is 10.2. The monoisotopic (exact) mass is 535 g/mol. The highest BCUT2D eigenvalue weighted by atomic mass is 35.5. The van der Waals surface area contributed by atoms with Gasteiger partial charge in [0.05, 0.1) is 26.9 Å². The first kappa shape index (κ1) is 28.4. The van der Waals surface area contributed by atoms with Crippen LogP contribution in [0.2, 0.25) is 10.0 Å². The number of hydrogen-bond acceptors (Lipinski definition) is 6. The zero-order chi connectivity index (χ0) is 25.7. The summed E-state index contributed by atoms with van der Waals surface area (Å²) in [6.45, 7) is 3.30. The van der Waals surface area contributed by atoms with Crippen molar-refractivity contribution in [2.24, 2.45) is 15.9 Å². The molecule has 5 atom stereocenters. The summed E-state index contributed by atoms with van der Waals surface area (Å²) in [5.41, 5.74) is -0.956. The van der Waals surface area contributed by atoms with Gasteiger partial charge < -0.3 is 15.5 Å². The van der Waals surface area contributed by atoms with Crippen LogP contribution in [0.1, 0.15) is 38.7 Å². The van der Waals surface area contributed by atoms with Crippen LogP contribution in [0.15, 0.2) is 23.3 Å². The molecule has 1 fully saturated rings. The van der Waals surface area contributed by atoms with Gasteiger partial charge in [-0.15, -0.1) is 0 Å². The first-order chi connectivity index (χ1) is 16.0. The molecule has 8 nitrogen and oxygen atoms in total. The summed E-state index contributed by atoms with van der Waals surface area (Å²) in [6, 6.07) is 2.67. The Kier molecular flexibility index (Phi) is 9.76. The Morgan fingerprint density at radius 2 is 1.94 bits per heavy atom. The number of carboxylic acid groups (broad SMARTS) is 2. The maximum Gasteiger partial charge on any atom is 0.311 e. The van der Waals surface area contributed by atoms with E-state index >= 15 is 0 Å². The van der Waals surface area contributed by atoms with Crippen molar-refractivity contribution in [2.45, 2.75) is 45.2 Å².